The molecule has 0 aromatic heterocycles. The number of hydrogen-bond donors (Lipinski definition) is 1. The van der Waals surface area contributed by atoms with Crippen LogP contribution >= 0.6 is 0 Å². The molecule has 0 aliphatic heterocycles. The van der Waals surface area contributed by atoms with Gasteiger partial charge in [0.05, 0.1) is 0 Å². The molecule has 3 heteroatoms. The first kappa shape index (κ1) is 4.88. The summed E-state index contributed by atoms with van der Waals surface area (Å²) in [5.41, 5.74) is 0. The van der Waals surface area contributed by atoms with Crippen LogP contribution in [0.5, 0.6) is 0 Å². The maximum Gasteiger partial charge on any atom is 0.166 e. The third kappa shape index (κ3) is 3.88. The minimum Gasteiger partial charge on any atom is -0.357 e. The van der Waals surface area contributed by atoms with Crippen LogP contribution in [0.3, 0.4) is 0 Å². The molecule has 0 unspecified atom stereocenters. The van der Waals surface area contributed by atoms with Gasteiger partial charge in [0.15, 0.2) is 6.79 Å². The van der Waals surface area contributed by atoms with Crippen molar-refractivity contribution in [3.63, 3.8) is 0 Å². The van der Waals surface area contributed by atoms with Crippen molar-refractivity contribution in [2.75, 3.05) is 13.9 Å². The van der Waals surface area contributed by atoms with E-state index >= 15 is 0 Å². The molecular weight excluding hydrogens is 70.0 g/mol. The molecule has 0 heterocycles. The van der Waals surface area contributed by atoms with Gasteiger partial charge in [-0.2, -0.15) is 0 Å². The third-order valence-corrected chi connectivity index (χ3v) is 0.186. The molecule has 2 N–H and O–H groups in total. The Hall–Kier alpha value is -0.120. The zero-order valence-electron chi connectivity index (χ0n) is 3.10. The lowest BCUT2D eigenvalue weighted by molar-refractivity contribution is -0.0318. The Balaban J connectivity index is 2.19. The van der Waals surface area contributed by atoms with E-state index in [2.05, 4.69) is 15.5 Å². The molecule has 0 rings (SSSR count). The molecule has 0 spiro atoms. The van der Waals surface area contributed by atoms with Gasteiger partial charge < -0.3 is 4.74 Å². The normalized spacial score (nSPS) is 8.40. The summed E-state index contributed by atoms with van der Waals surface area (Å²) in [6.07, 6.45) is 0. The van der Waals surface area contributed by atoms with Crippen LogP contribution in [-0.2, 0) is 9.57 Å². The second-order valence-electron chi connectivity index (χ2n) is 0.573. The monoisotopic (exact) mass is 77.0 g/mol. The predicted molar refractivity (Wildman–Crippen MR) is 17.1 cm³/mol. The summed E-state index contributed by atoms with van der Waals surface area (Å²) in [4.78, 5) is 3.97. The number of hydrogen-bond acceptors (Lipinski definition) is 3. The highest BCUT2D eigenvalue weighted by Gasteiger charge is 1.63. The Morgan fingerprint density at radius 3 is 2.40 bits per heavy atom. The Bertz CT molecular complexity index is 15.1. The van der Waals surface area contributed by atoms with Crippen LogP contribution in [0.2, 0.25) is 0 Å². The number of ether oxygens (including phenoxy) is 1. The summed E-state index contributed by atoms with van der Waals surface area (Å²) < 4.78 is 4.34. The largest absolute Gasteiger partial charge is 0.357 e. The van der Waals surface area contributed by atoms with E-state index in [4.69, 9.17) is 0 Å². The topological polar surface area (TPSA) is 44.5 Å². The van der Waals surface area contributed by atoms with Crippen molar-refractivity contribution < 1.29 is 9.57 Å². The van der Waals surface area contributed by atoms with Gasteiger partial charge >= 0.3 is 0 Å². The Morgan fingerprint density at radius 2 is 2.40 bits per heavy atom. The third-order valence-electron chi connectivity index (χ3n) is 0.186. The van der Waals surface area contributed by atoms with Crippen molar-refractivity contribution in [3.8, 4) is 0 Å². The number of rotatable bonds is 2. The number of methoxy groups -OCH3 is 1. The molecule has 0 amide bonds. The zero-order chi connectivity index (χ0) is 4.12. The van der Waals surface area contributed by atoms with Crippen LogP contribution < -0.4 is 5.90 Å². The molecule has 0 saturated carbocycles. The maximum atomic E-state index is 4.51. The first-order valence-electron chi connectivity index (χ1n) is 1.22. The first-order valence-corrected chi connectivity index (χ1v) is 1.22. The van der Waals surface area contributed by atoms with Gasteiger partial charge in [-0.3, -0.25) is 4.84 Å². The highest BCUT2D eigenvalue weighted by Crippen LogP contribution is 1.56. The highest BCUT2D eigenvalue weighted by atomic mass is 16.7. The fraction of sp³-hybridized carbons (Fsp3) is 1.00. The molecule has 0 aliphatic rings. The van der Waals surface area contributed by atoms with Crippen molar-refractivity contribution >= 4 is 0 Å². The van der Waals surface area contributed by atoms with Gasteiger partial charge in [-0.05, 0) is 0 Å². The molecular formula is C2H7NO2. The van der Waals surface area contributed by atoms with Crippen molar-refractivity contribution in [1.29, 1.82) is 0 Å². The van der Waals surface area contributed by atoms with Crippen molar-refractivity contribution in [2.45, 2.75) is 0 Å². The van der Waals surface area contributed by atoms with Crippen LogP contribution in [0, 0.1) is 0 Å². The van der Waals surface area contributed by atoms with E-state index in [1.54, 1.807) is 0 Å². The molecule has 0 aromatic rings. The van der Waals surface area contributed by atoms with E-state index < -0.39 is 0 Å². The standard InChI is InChI=1S/C2H7NO2/c1-4-2-5-3/h2-3H2,1H3. The SMILES string of the molecule is COCON. The van der Waals surface area contributed by atoms with Crippen molar-refractivity contribution in [2.24, 2.45) is 5.90 Å². The summed E-state index contributed by atoms with van der Waals surface area (Å²) in [5.74, 6) is 4.51. The highest BCUT2D eigenvalue weighted by molar-refractivity contribution is 3.80. The van der Waals surface area contributed by atoms with Gasteiger partial charge in [0.1, 0.15) is 0 Å². The molecule has 0 fully saturated rings. The van der Waals surface area contributed by atoms with E-state index in [1.165, 1.54) is 7.11 Å². The lowest BCUT2D eigenvalue weighted by Crippen LogP contribution is -2.01. The predicted octanol–water partition coefficient (Wildman–Crippen LogP) is -0.519. The fourth-order valence-electron chi connectivity index (χ4n) is 0.0680. The van der Waals surface area contributed by atoms with Crippen LogP contribution in [-0.4, -0.2) is 13.9 Å². The molecule has 0 saturated heterocycles. The summed E-state index contributed by atoms with van der Waals surface area (Å²) >= 11 is 0. The summed E-state index contributed by atoms with van der Waals surface area (Å²) in [6, 6.07) is 0. The smallest absolute Gasteiger partial charge is 0.166 e. The van der Waals surface area contributed by atoms with Crippen molar-refractivity contribution in [1.82, 2.24) is 0 Å². The van der Waals surface area contributed by atoms with Gasteiger partial charge in [0.25, 0.3) is 0 Å². The Labute approximate surface area is 30.6 Å². The van der Waals surface area contributed by atoms with E-state index in [1.807, 2.05) is 0 Å². The van der Waals surface area contributed by atoms with E-state index in [-0.39, 0.29) is 6.79 Å². The molecule has 0 bridgehead atoms. The molecule has 0 radical (unpaired) electrons. The van der Waals surface area contributed by atoms with Crippen molar-refractivity contribution in [3.05, 3.63) is 0 Å². The minimum absolute atomic E-state index is 0.167. The second kappa shape index (κ2) is 3.88. The minimum atomic E-state index is 0.167. The molecule has 0 atom stereocenters. The molecule has 0 aromatic carbocycles. The summed E-state index contributed by atoms with van der Waals surface area (Å²) in [5, 5.41) is 0. The average Bonchev–Trinajstić information content (AvgIpc) is 1.41. The quantitative estimate of drug-likeness (QED) is 0.356. The maximum absolute atomic E-state index is 4.51. The fourth-order valence-corrected chi connectivity index (χ4v) is 0.0680. The molecule has 0 aliphatic carbocycles. The van der Waals surface area contributed by atoms with Gasteiger partial charge in [-0.15, -0.1) is 0 Å². The van der Waals surface area contributed by atoms with E-state index in [9.17, 15) is 0 Å². The first-order chi connectivity index (χ1) is 2.41. The Kier molecular flexibility index (Phi) is 3.79. The number of nitrogens with two attached hydrogens (primary N) is 1. The van der Waals surface area contributed by atoms with Crippen LogP contribution in [0.15, 0.2) is 0 Å². The van der Waals surface area contributed by atoms with Crippen LogP contribution in [0.25, 0.3) is 0 Å². The second-order valence-corrected chi connectivity index (χ2v) is 0.573. The zero-order valence-corrected chi connectivity index (χ0v) is 3.10. The van der Waals surface area contributed by atoms with E-state index in [0.29, 0.717) is 0 Å². The molecule has 3 nitrogen and oxygen atoms in total. The van der Waals surface area contributed by atoms with Gasteiger partial charge in [0.2, 0.25) is 0 Å². The van der Waals surface area contributed by atoms with Crippen LogP contribution in [0.1, 0.15) is 0 Å². The van der Waals surface area contributed by atoms with Gasteiger partial charge in [-0.1, -0.05) is 0 Å². The lowest BCUT2D eigenvalue weighted by Gasteiger charge is -1.87. The molecule has 5 heavy (non-hydrogen) atoms. The average molecular weight is 77.1 g/mol. The van der Waals surface area contributed by atoms with Gasteiger partial charge in [0, 0.05) is 7.11 Å². The lowest BCUT2D eigenvalue weighted by atomic mass is 11.4. The van der Waals surface area contributed by atoms with E-state index in [0.717, 1.165) is 0 Å². The summed E-state index contributed by atoms with van der Waals surface area (Å²) in [7, 11) is 1.51. The van der Waals surface area contributed by atoms with Gasteiger partial charge in [-0.25, -0.2) is 5.90 Å². The molecule has 32 valence electrons. The summed E-state index contributed by atoms with van der Waals surface area (Å²) in [6.45, 7) is 0.167. The Morgan fingerprint density at radius 1 is 1.80 bits per heavy atom. The van der Waals surface area contributed by atoms with Crippen LogP contribution in [0.4, 0.5) is 0 Å².